The van der Waals surface area contributed by atoms with E-state index in [-0.39, 0.29) is 24.2 Å². The highest BCUT2D eigenvalue weighted by molar-refractivity contribution is 5.82. The molecule has 0 spiro atoms. The van der Waals surface area contributed by atoms with Crippen LogP contribution in [-0.4, -0.2) is 29.2 Å². The SMILES string of the molecule is COc1ccc(C2(C(=O)O)CCC(F)(F)CC2)c(O)c1. The van der Waals surface area contributed by atoms with Gasteiger partial charge in [-0.05, 0) is 18.9 Å². The van der Waals surface area contributed by atoms with Gasteiger partial charge < -0.3 is 14.9 Å². The molecule has 0 radical (unpaired) electrons. The monoisotopic (exact) mass is 286 g/mol. The van der Waals surface area contributed by atoms with E-state index in [2.05, 4.69) is 0 Å². The summed E-state index contributed by atoms with van der Waals surface area (Å²) in [5, 5.41) is 19.5. The van der Waals surface area contributed by atoms with Gasteiger partial charge in [0.25, 0.3) is 0 Å². The number of halogens is 2. The number of hydrogen-bond donors (Lipinski definition) is 2. The van der Waals surface area contributed by atoms with E-state index < -0.39 is 30.1 Å². The highest BCUT2D eigenvalue weighted by Gasteiger charge is 2.50. The second kappa shape index (κ2) is 4.92. The van der Waals surface area contributed by atoms with Gasteiger partial charge in [0.2, 0.25) is 5.92 Å². The number of carbonyl (C=O) groups is 1. The van der Waals surface area contributed by atoms with Gasteiger partial charge in [0.15, 0.2) is 0 Å². The van der Waals surface area contributed by atoms with Crippen molar-refractivity contribution in [3.05, 3.63) is 23.8 Å². The first-order valence-corrected chi connectivity index (χ1v) is 6.29. The molecule has 20 heavy (non-hydrogen) atoms. The van der Waals surface area contributed by atoms with Crippen molar-refractivity contribution in [2.45, 2.75) is 37.0 Å². The second-order valence-electron chi connectivity index (χ2n) is 5.13. The van der Waals surface area contributed by atoms with Crippen LogP contribution in [0.2, 0.25) is 0 Å². The van der Waals surface area contributed by atoms with E-state index in [1.807, 2.05) is 0 Å². The quantitative estimate of drug-likeness (QED) is 0.896. The maximum absolute atomic E-state index is 13.3. The minimum atomic E-state index is -2.83. The lowest BCUT2D eigenvalue weighted by Crippen LogP contribution is -2.42. The molecule has 4 nitrogen and oxygen atoms in total. The van der Waals surface area contributed by atoms with Crippen molar-refractivity contribution < 1.29 is 28.5 Å². The molecule has 1 fully saturated rings. The fourth-order valence-electron chi connectivity index (χ4n) is 2.68. The van der Waals surface area contributed by atoms with Gasteiger partial charge in [-0.3, -0.25) is 4.79 Å². The van der Waals surface area contributed by atoms with Crippen molar-refractivity contribution in [1.82, 2.24) is 0 Å². The van der Waals surface area contributed by atoms with Gasteiger partial charge in [-0.15, -0.1) is 0 Å². The molecule has 1 aromatic rings. The Morgan fingerprint density at radius 2 is 1.85 bits per heavy atom. The largest absolute Gasteiger partial charge is 0.507 e. The Morgan fingerprint density at radius 1 is 1.25 bits per heavy atom. The number of methoxy groups -OCH3 is 1. The van der Waals surface area contributed by atoms with Crippen LogP contribution in [0.1, 0.15) is 31.2 Å². The van der Waals surface area contributed by atoms with Crippen molar-refractivity contribution in [1.29, 1.82) is 0 Å². The van der Waals surface area contributed by atoms with Crippen LogP contribution in [-0.2, 0) is 10.2 Å². The maximum Gasteiger partial charge on any atom is 0.314 e. The van der Waals surface area contributed by atoms with Gasteiger partial charge in [-0.1, -0.05) is 6.07 Å². The molecule has 0 bridgehead atoms. The number of alkyl halides is 2. The molecule has 110 valence electrons. The first kappa shape index (κ1) is 14.6. The fourth-order valence-corrected chi connectivity index (χ4v) is 2.68. The van der Waals surface area contributed by atoms with Crippen molar-refractivity contribution in [3.63, 3.8) is 0 Å². The normalized spacial score (nSPS) is 20.4. The molecule has 0 atom stereocenters. The molecular weight excluding hydrogens is 270 g/mol. The predicted octanol–water partition coefficient (Wildman–Crippen LogP) is 2.93. The van der Waals surface area contributed by atoms with E-state index in [4.69, 9.17) is 4.74 Å². The molecule has 1 aliphatic rings. The first-order chi connectivity index (χ1) is 9.31. The van der Waals surface area contributed by atoms with Crippen molar-refractivity contribution in [2.75, 3.05) is 7.11 Å². The standard InChI is InChI=1S/C14H16F2O4/c1-20-9-2-3-10(11(17)8-9)13(12(18)19)4-6-14(15,16)7-5-13/h2-3,8,17H,4-7H2,1H3,(H,18,19). The number of aliphatic carboxylic acids is 1. The molecule has 1 aromatic carbocycles. The molecule has 0 saturated heterocycles. The van der Waals surface area contributed by atoms with Gasteiger partial charge in [-0.25, -0.2) is 8.78 Å². The van der Waals surface area contributed by atoms with E-state index in [1.54, 1.807) is 0 Å². The summed E-state index contributed by atoms with van der Waals surface area (Å²) in [5.74, 6) is -3.88. The van der Waals surface area contributed by atoms with E-state index in [1.165, 1.54) is 25.3 Å². The molecule has 1 aliphatic carbocycles. The molecule has 2 N–H and O–H groups in total. The number of aromatic hydroxyl groups is 1. The summed E-state index contributed by atoms with van der Waals surface area (Å²) in [5.41, 5.74) is -1.29. The van der Waals surface area contributed by atoms with Crippen LogP contribution < -0.4 is 4.74 Å². The number of phenols is 1. The Hall–Kier alpha value is -1.85. The van der Waals surface area contributed by atoms with Crippen LogP contribution in [0.5, 0.6) is 11.5 Å². The van der Waals surface area contributed by atoms with Crippen LogP contribution in [0.3, 0.4) is 0 Å². The smallest absolute Gasteiger partial charge is 0.314 e. The molecule has 0 heterocycles. The average molecular weight is 286 g/mol. The van der Waals surface area contributed by atoms with Gasteiger partial charge >= 0.3 is 5.97 Å². The maximum atomic E-state index is 13.3. The molecule has 6 heteroatoms. The summed E-state index contributed by atoms with van der Waals surface area (Å²) in [6, 6.07) is 4.25. The Morgan fingerprint density at radius 3 is 2.30 bits per heavy atom. The Balaban J connectivity index is 2.42. The summed E-state index contributed by atoms with van der Waals surface area (Å²) in [6.07, 6.45) is -1.39. The topological polar surface area (TPSA) is 66.8 Å². The molecular formula is C14H16F2O4. The van der Waals surface area contributed by atoms with Crippen molar-refractivity contribution in [3.8, 4) is 11.5 Å². The highest BCUT2D eigenvalue weighted by atomic mass is 19.3. The van der Waals surface area contributed by atoms with Gasteiger partial charge in [-0.2, -0.15) is 0 Å². The van der Waals surface area contributed by atoms with E-state index in [0.29, 0.717) is 5.75 Å². The van der Waals surface area contributed by atoms with Crippen molar-refractivity contribution >= 4 is 5.97 Å². The Kier molecular flexibility index (Phi) is 3.58. The summed E-state index contributed by atoms with van der Waals surface area (Å²) in [4.78, 5) is 11.6. The zero-order chi connectivity index (χ0) is 15.0. The van der Waals surface area contributed by atoms with Crippen LogP contribution in [0.4, 0.5) is 8.78 Å². The summed E-state index contributed by atoms with van der Waals surface area (Å²) < 4.78 is 31.5. The number of carboxylic acid groups (broad SMARTS) is 1. The van der Waals surface area contributed by atoms with Crippen LogP contribution in [0.25, 0.3) is 0 Å². The van der Waals surface area contributed by atoms with Crippen molar-refractivity contribution in [2.24, 2.45) is 0 Å². The zero-order valence-electron chi connectivity index (χ0n) is 11.0. The summed E-state index contributed by atoms with van der Waals surface area (Å²) in [7, 11) is 1.42. The molecule has 0 unspecified atom stereocenters. The Bertz CT molecular complexity index is 518. The number of carboxylic acids is 1. The molecule has 0 aromatic heterocycles. The minimum absolute atomic E-state index is 0.168. The fraction of sp³-hybridized carbons (Fsp3) is 0.500. The number of ether oxygens (including phenoxy) is 1. The van der Waals surface area contributed by atoms with Crippen LogP contribution in [0, 0.1) is 0 Å². The van der Waals surface area contributed by atoms with Gasteiger partial charge in [0.05, 0.1) is 12.5 Å². The zero-order valence-corrected chi connectivity index (χ0v) is 11.0. The van der Waals surface area contributed by atoms with Gasteiger partial charge in [0, 0.05) is 24.5 Å². The van der Waals surface area contributed by atoms with Gasteiger partial charge in [0.1, 0.15) is 11.5 Å². The Labute approximate surface area is 115 Å². The lowest BCUT2D eigenvalue weighted by molar-refractivity contribution is -0.149. The first-order valence-electron chi connectivity index (χ1n) is 6.29. The van der Waals surface area contributed by atoms with E-state index >= 15 is 0 Å². The lowest BCUT2D eigenvalue weighted by atomic mass is 9.68. The van der Waals surface area contributed by atoms with E-state index in [9.17, 15) is 23.8 Å². The molecule has 0 aliphatic heterocycles. The second-order valence-corrected chi connectivity index (χ2v) is 5.13. The minimum Gasteiger partial charge on any atom is -0.507 e. The number of hydrogen-bond acceptors (Lipinski definition) is 3. The lowest BCUT2D eigenvalue weighted by Gasteiger charge is -2.37. The number of benzene rings is 1. The number of phenolic OH excluding ortho intramolecular Hbond substituents is 1. The van der Waals surface area contributed by atoms with E-state index in [0.717, 1.165) is 0 Å². The highest BCUT2D eigenvalue weighted by Crippen LogP contribution is 2.48. The average Bonchev–Trinajstić information content (AvgIpc) is 2.39. The molecule has 1 saturated carbocycles. The summed E-state index contributed by atoms with van der Waals surface area (Å²) in [6.45, 7) is 0. The molecule has 0 amide bonds. The molecule has 2 rings (SSSR count). The predicted molar refractivity (Wildman–Crippen MR) is 67.4 cm³/mol. The third-order valence-electron chi connectivity index (χ3n) is 3.96. The third-order valence-corrected chi connectivity index (χ3v) is 3.96. The van der Waals surface area contributed by atoms with Crippen LogP contribution in [0.15, 0.2) is 18.2 Å². The third kappa shape index (κ3) is 2.42. The number of rotatable bonds is 3. The van der Waals surface area contributed by atoms with Crippen LogP contribution >= 0.6 is 0 Å². The summed E-state index contributed by atoms with van der Waals surface area (Å²) >= 11 is 0.